The molecule has 0 fully saturated rings. The summed E-state index contributed by atoms with van der Waals surface area (Å²) >= 11 is 0. The second-order valence-electron chi connectivity index (χ2n) is 3.98. The molecule has 2 N–H and O–H groups in total. The Hall–Kier alpha value is -1.78. The molecule has 0 amide bonds. The molecule has 0 radical (unpaired) electrons. The Bertz CT molecular complexity index is 454. The van der Waals surface area contributed by atoms with Crippen LogP contribution in [0.3, 0.4) is 0 Å². The van der Waals surface area contributed by atoms with Gasteiger partial charge in [-0.1, -0.05) is 6.07 Å². The second-order valence-corrected chi connectivity index (χ2v) is 3.98. The van der Waals surface area contributed by atoms with Gasteiger partial charge in [-0.25, -0.2) is 0 Å². The SMILES string of the molecule is OCc1cc(CO)cc(OCCc2ccco2)c1. The van der Waals surface area contributed by atoms with Gasteiger partial charge >= 0.3 is 0 Å². The van der Waals surface area contributed by atoms with Gasteiger partial charge in [0.15, 0.2) is 0 Å². The lowest BCUT2D eigenvalue weighted by Gasteiger charge is -2.08. The first-order valence-electron chi connectivity index (χ1n) is 5.81. The average molecular weight is 248 g/mol. The highest BCUT2D eigenvalue weighted by Gasteiger charge is 2.02. The number of rotatable bonds is 6. The van der Waals surface area contributed by atoms with E-state index in [1.807, 2.05) is 12.1 Å². The third-order valence-corrected chi connectivity index (χ3v) is 2.59. The summed E-state index contributed by atoms with van der Waals surface area (Å²) in [4.78, 5) is 0. The predicted molar refractivity (Wildman–Crippen MR) is 66.2 cm³/mol. The molecule has 0 atom stereocenters. The predicted octanol–water partition coefficient (Wildman–Crippen LogP) is 1.89. The van der Waals surface area contributed by atoms with Crippen molar-refractivity contribution in [3.05, 3.63) is 53.5 Å². The summed E-state index contributed by atoms with van der Waals surface area (Å²) in [7, 11) is 0. The molecular weight excluding hydrogens is 232 g/mol. The summed E-state index contributed by atoms with van der Waals surface area (Å²) in [5.74, 6) is 1.52. The number of benzene rings is 1. The molecule has 2 rings (SSSR count). The first-order chi connectivity index (χ1) is 8.81. The maximum Gasteiger partial charge on any atom is 0.120 e. The van der Waals surface area contributed by atoms with Gasteiger partial charge in [0.1, 0.15) is 11.5 Å². The second kappa shape index (κ2) is 6.23. The Labute approximate surface area is 105 Å². The first kappa shape index (κ1) is 12.7. The molecule has 1 aromatic heterocycles. The van der Waals surface area contributed by atoms with Crippen molar-refractivity contribution in [2.24, 2.45) is 0 Å². The third-order valence-electron chi connectivity index (χ3n) is 2.59. The number of aliphatic hydroxyl groups excluding tert-OH is 2. The average Bonchev–Trinajstić information content (AvgIpc) is 2.91. The molecule has 4 nitrogen and oxygen atoms in total. The van der Waals surface area contributed by atoms with Gasteiger partial charge in [-0.2, -0.15) is 0 Å². The van der Waals surface area contributed by atoms with Crippen LogP contribution < -0.4 is 4.74 Å². The first-order valence-corrected chi connectivity index (χ1v) is 5.81. The molecule has 1 aromatic carbocycles. The lowest BCUT2D eigenvalue weighted by molar-refractivity contribution is 0.270. The van der Waals surface area contributed by atoms with Crippen LogP contribution in [-0.2, 0) is 19.6 Å². The molecular formula is C14H16O4. The minimum Gasteiger partial charge on any atom is -0.493 e. The van der Waals surface area contributed by atoms with Gasteiger partial charge in [-0.05, 0) is 35.4 Å². The molecule has 0 unspecified atom stereocenters. The minimum absolute atomic E-state index is 0.0671. The van der Waals surface area contributed by atoms with Gasteiger partial charge in [0.25, 0.3) is 0 Å². The van der Waals surface area contributed by atoms with Gasteiger partial charge in [-0.3, -0.25) is 0 Å². The fourth-order valence-corrected chi connectivity index (χ4v) is 1.72. The van der Waals surface area contributed by atoms with Crippen molar-refractivity contribution in [1.82, 2.24) is 0 Å². The smallest absolute Gasteiger partial charge is 0.120 e. The zero-order chi connectivity index (χ0) is 12.8. The molecule has 2 aromatic rings. The van der Waals surface area contributed by atoms with Crippen LogP contribution in [0.15, 0.2) is 41.0 Å². The highest BCUT2D eigenvalue weighted by molar-refractivity contribution is 5.34. The Morgan fingerprint density at radius 1 is 1.06 bits per heavy atom. The Morgan fingerprint density at radius 2 is 1.78 bits per heavy atom. The van der Waals surface area contributed by atoms with Crippen LogP contribution in [0, 0.1) is 0 Å². The third kappa shape index (κ3) is 3.35. The van der Waals surface area contributed by atoms with E-state index in [1.54, 1.807) is 24.5 Å². The van der Waals surface area contributed by atoms with Crippen LogP contribution in [0.2, 0.25) is 0 Å². The van der Waals surface area contributed by atoms with Gasteiger partial charge in [0.05, 0.1) is 26.1 Å². The molecule has 96 valence electrons. The fraction of sp³-hybridized carbons (Fsp3) is 0.286. The number of aliphatic hydroxyl groups is 2. The summed E-state index contributed by atoms with van der Waals surface area (Å²) in [5, 5.41) is 18.2. The van der Waals surface area contributed by atoms with E-state index in [9.17, 15) is 0 Å². The quantitative estimate of drug-likeness (QED) is 0.819. The fourth-order valence-electron chi connectivity index (χ4n) is 1.72. The van der Waals surface area contributed by atoms with E-state index in [1.165, 1.54) is 0 Å². The van der Waals surface area contributed by atoms with Crippen LogP contribution >= 0.6 is 0 Å². The molecule has 0 spiro atoms. The van der Waals surface area contributed by atoms with E-state index < -0.39 is 0 Å². The zero-order valence-corrected chi connectivity index (χ0v) is 10.0. The normalized spacial score (nSPS) is 10.6. The van der Waals surface area contributed by atoms with Crippen LogP contribution in [0.5, 0.6) is 5.75 Å². The minimum atomic E-state index is -0.0671. The molecule has 0 aliphatic heterocycles. The lowest BCUT2D eigenvalue weighted by atomic mass is 10.1. The van der Waals surface area contributed by atoms with Crippen LogP contribution in [0.1, 0.15) is 16.9 Å². The van der Waals surface area contributed by atoms with Crippen molar-refractivity contribution >= 4 is 0 Å². The standard InChI is InChI=1S/C14H16O4/c15-9-11-6-12(10-16)8-14(7-11)18-5-3-13-2-1-4-17-13/h1-2,4,6-8,15-16H,3,5,9-10H2. The van der Waals surface area contributed by atoms with Crippen molar-refractivity contribution in [2.75, 3.05) is 6.61 Å². The van der Waals surface area contributed by atoms with E-state index in [2.05, 4.69) is 0 Å². The van der Waals surface area contributed by atoms with Crippen LogP contribution in [0.4, 0.5) is 0 Å². The molecule has 0 bridgehead atoms. The number of hydrogen-bond acceptors (Lipinski definition) is 4. The summed E-state index contributed by atoms with van der Waals surface area (Å²) < 4.78 is 10.8. The summed E-state index contributed by atoms with van der Waals surface area (Å²) in [6.07, 6.45) is 2.32. The van der Waals surface area contributed by atoms with Crippen molar-refractivity contribution < 1.29 is 19.4 Å². The Kier molecular flexibility index (Phi) is 4.39. The molecule has 0 saturated carbocycles. The maximum absolute atomic E-state index is 9.11. The topological polar surface area (TPSA) is 62.8 Å². The molecule has 0 saturated heterocycles. The van der Waals surface area contributed by atoms with Gasteiger partial charge < -0.3 is 19.4 Å². The highest BCUT2D eigenvalue weighted by atomic mass is 16.5. The number of furan rings is 1. The van der Waals surface area contributed by atoms with Gasteiger partial charge in [0, 0.05) is 6.42 Å². The Morgan fingerprint density at radius 3 is 2.33 bits per heavy atom. The van der Waals surface area contributed by atoms with Crippen LogP contribution in [-0.4, -0.2) is 16.8 Å². The zero-order valence-electron chi connectivity index (χ0n) is 10.0. The monoisotopic (exact) mass is 248 g/mol. The van der Waals surface area contributed by atoms with Crippen molar-refractivity contribution in [3.63, 3.8) is 0 Å². The molecule has 0 aliphatic rings. The maximum atomic E-state index is 9.11. The van der Waals surface area contributed by atoms with Gasteiger partial charge in [-0.15, -0.1) is 0 Å². The van der Waals surface area contributed by atoms with E-state index in [-0.39, 0.29) is 13.2 Å². The van der Waals surface area contributed by atoms with Crippen molar-refractivity contribution in [1.29, 1.82) is 0 Å². The summed E-state index contributed by atoms with van der Waals surface area (Å²) in [5.41, 5.74) is 1.46. The van der Waals surface area contributed by atoms with E-state index in [0.717, 1.165) is 16.9 Å². The largest absolute Gasteiger partial charge is 0.493 e. The number of ether oxygens (including phenoxy) is 1. The van der Waals surface area contributed by atoms with Crippen LogP contribution in [0.25, 0.3) is 0 Å². The number of hydrogen-bond donors (Lipinski definition) is 2. The molecule has 4 heteroatoms. The molecule has 1 heterocycles. The molecule has 18 heavy (non-hydrogen) atoms. The highest BCUT2D eigenvalue weighted by Crippen LogP contribution is 2.18. The Balaban J connectivity index is 1.95. The van der Waals surface area contributed by atoms with E-state index >= 15 is 0 Å². The molecule has 0 aliphatic carbocycles. The summed E-state index contributed by atoms with van der Waals surface area (Å²) in [6.45, 7) is 0.359. The van der Waals surface area contributed by atoms with Crippen molar-refractivity contribution in [2.45, 2.75) is 19.6 Å². The van der Waals surface area contributed by atoms with E-state index in [4.69, 9.17) is 19.4 Å². The lowest BCUT2D eigenvalue weighted by Crippen LogP contribution is -2.02. The van der Waals surface area contributed by atoms with Gasteiger partial charge in [0.2, 0.25) is 0 Å². The van der Waals surface area contributed by atoms with Crippen molar-refractivity contribution in [3.8, 4) is 5.75 Å². The summed E-state index contributed by atoms with van der Waals surface area (Å²) in [6, 6.07) is 9.01. The van der Waals surface area contributed by atoms with E-state index in [0.29, 0.717) is 18.8 Å².